The number of nitrogens with two attached hydrogens (primary N) is 1. The van der Waals surface area contributed by atoms with Gasteiger partial charge >= 0.3 is 0 Å². The van der Waals surface area contributed by atoms with Gasteiger partial charge in [-0.25, -0.2) is 0 Å². The molecule has 0 aromatic carbocycles. The van der Waals surface area contributed by atoms with Crippen LogP contribution < -0.4 is 5.73 Å². The van der Waals surface area contributed by atoms with E-state index in [-0.39, 0.29) is 25.0 Å². The summed E-state index contributed by atoms with van der Waals surface area (Å²) in [5.41, 5.74) is 5.50. The van der Waals surface area contributed by atoms with Crippen LogP contribution >= 0.6 is 0 Å². The number of carbonyl (C=O) groups excluding carboxylic acids is 2. The lowest BCUT2D eigenvalue weighted by molar-refractivity contribution is -0.149. The summed E-state index contributed by atoms with van der Waals surface area (Å²) < 4.78 is 0. The lowest BCUT2D eigenvalue weighted by atomic mass is 10.1. The maximum atomic E-state index is 11.3. The summed E-state index contributed by atoms with van der Waals surface area (Å²) in [7, 11) is 0. The van der Waals surface area contributed by atoms with Crippen LogP contribution in [0.25, 0.3) is 0 Å². The number of aliphatic hydroxyl groups excluding tert-OH is 1. The first kappa shape index (κ1) is 10.1. The molecule has 1 heterocycles. The van der Waals surface area contributed by atoms with E-state index in [2.05, 4.69) is 0 Å². The van der Waals surface area contributed by atoms with Gasteiger partial charge in [-0.3, -0.25) is 14.5 Å². The minimum atomic E-state index is -0.545. The summed E-state index contributed by atoms with van der Waals surface area (Å²) in [6.45, 7) is 0.258. The molecule has 1 aliphatic rings. The Hall–Kier alpha value is -0.940. The van der Waals surface area contributed by atoms with Crippen molar-refractivity contribution in [2.24, 2.45) is 5.73 Å². The van der Waals surface area contributed by atoms with Crippen LogP contribution in [0.5, 0.6) is 0 Å². The van der Waals surface area contributed by atoms with Gasteiger partial charge in [0.2, 0.25) is 11.8 Å². The minimum absolute atomic E-state index is 0.0215. The highest BCUT2D eigenvalue weighted by atomic mass is 16.3. The average molecular weight is 186 g/mol. The fourth-order valence-corrected chi connectivity index (χ4v) is 1.32. The minimum Gasteiger partial charge on any atom is -0.396 e. The summed E-state index contributed by atoms with van der Waals surface area (Å²) in [6.07, 6.45) is 1.19. The van der Waals surface area contributed by atoms with Crippen LogP contribution in [0.1, 0.15) is 19.3 Å². The van der Waals surface area contributed by atoms with Gasteiger partial charge < -0.3 is 10.8 Å². The van der Waals surface area contributed by atoms with E-state index in [0.717, 1.165) is 4.90 Å². The van der Waals surface area contributed by atoms with Crippen molar-refractivity contribution in [1.29, 1.82) is 0 Å². The van der Waals surface area contributed by atoms with Gasteiger partial charge in [0, 0.05) is 19.6 Å². The Bertz CT molecular complexity index is 217. The largest absolute Gasteiger partial charge is 0.396 e. The number of carbonyl (C=O) groups is 2. The van der Waals surface area contributed by atoms with Crippen molar-refractivity contribution in [3.63, 3.8) is 0 Å². The van der Waals surface area contributed by atoms with Gasteiger partial charge in [-0.15, -0.1) is 0 Å². The predicted octanol–water partition coefficient (Wildman–Crippen LogP) is -1.15. The Kier molecular flexibility index (Phi) is 3.39. The zero-order valence-corrected chi connectivity index (χ0v) is 7.40. The Morgan fingerprint density at radius 2 is 2.23 bits per heavy atom. The molecule has 0 aliphatic carbocycles. The summed E-state index contributed by atoms with van der Waals surface area (Å²) in [5.74, 6) is -0.496. The second kappa shape index (κ2) is 4.34. The molecule has 0 spiro atoms. The highest BCUT2D eigenvalue weighted by molar-refractivity contribution is 6.00. The molecule has 0 saturated carbocycles. The average Bonchev–Trinajstić information content (AvgIpc) is 2.12. The number of nitrogens with zero attached hydrogens (tertiary/aromatic N) is 1. The van der Waals surface area contributed by atoms with Crippen LogP contribution in [0.2, 0.25) is 0 Å². The predicted molar refractivity (Wildman–Crippen MR) is 45.6 cm³/mol. The number of imide groups is 1. The summed E-state index contributed by atoms with van der Waals surface area (Å²) in [4.78, 5) is 23.7. The smallest absolute Gasteiger partial charge is 0.246 e. The summed E-state index contributed by atoms with van der Waals surface area (Å²) in [6, 6.07) is -0.545. The third-order valence-electron chi connectivity index (χ3n) is 2.09. The number of amides is 2. The van der Waals surface area contributed by atoms with E-state index in [1.54, 1.807) is 0 Å². The fourth-order valence-electron chi connectivity index (χ4n) is 1.32. The lowest BCUT2D eigenvalue weighted by Crippen LogP contribution is -2.51. The molecule has 1 aliphatic heterocycles. The molecule has 5 heteroatoms. The number of rotatable bonds is 3. The first-order chi connectivity index (χ1) is 6.16. The Morgan fingerprint density at radius 3 is 2.85 bits per heavy atom. The van der Waals surface area contributed by atoms with E-state index < -0.39 is 6.04 Å². The van der Waals surface area contributed by atoms with Gasteiger partial charge in [-0.05, 0) is 12.8 Å². The van der Waals surface area contributed by atoms with Crippen molar-refractivity contribution in [2.75, 3.05) is 13.2 Å². The number of piperidine rings is 1. The Balaban J connectivity index is 2.56. The quantitative estimate of drug-likeness (QED) is 0.545. The molecule has 5 nitrogen and oxygen atoms in total. The maximum Gasteiger partial charge on any atom is 0.246 e. The maximum absolute atomic E-state index is 11.3. The molecule has 0 aromatic heterocycles. The van der Waals surface area contributed by atoms with E-state index in [0.29, 0.717) is 19.3 Å². The summed E-state index contributed by atoms with van der Waals surface area (Å²) >= 11 is 0. The van der Waals surface area contributed by atoms with Crippen molar-refractivity contribution in [2.45, 2.75) is 25.3 Å². The van der Waals surface area contributed by atoms with Crippen LogP contribution in [0, 0.1) is 0 Å². The molecular formula is C8H14N2O3. The Morgan fingerprint density at radius 1 is 1.54 bits per heavy atom. The third-order valence-corrected chi connectivity index (χ3v) is 2.09. The third kappa shape index (κ3) is 2.26. The van der Waals surface area contributed by atoms with Gasteiger partial charge in [0.25, 0.3) is 0 Å². The highest BCUT2D eigenvalue weighted by Gasteiger charge is 2.31. The van der Waals surface area contributed by atoms with Gasteiger partial charge in [0.05, 0.1) is 6.04 Å². The molecular weight excluding hydrogens is 172 g/mol. The second-order valence-electron chi connectivity index (χ2n) is 3.11. The molecule has 1 saturated heterocycles. The van der Waals surface area contributed by atoms with Crippen LogP contribution in [0.3, 0.4) is 0 Å². The normalized spacial score (nSPS) is 23.8. The number of hydrogen-bond acceptors (Lipinski definition) is 4. The molecule has 1 fully saturated rings. The lowest BCUT2D eigenvalue weighted by Gasteiger charge is -2.28. The Labute approximate surface area is 76.5 Å². The van der Waals surface area contributed by atoms with E-state index >= 15 is 0 Å². The number of likely N-dealkylation sites (tertiary alicyclic amines) is 1. The van der Waals surface area contributed by atoms with Crippen molar-refractivity contribution in [1.82, 2.24) is 4.90 Å². The van der Waals surface area contributed by atoms with E-state index in [9.17, 15) is 9.59 Å². The van der Waals surface area contributed by atoms with Crippen molar-refractivity contribution in [3.8, 4) is 0 Å². The van der Waals surface area contributed by atoms with E-state index in [4.69, 9.17) is 10.8 Å². The molecule has 3 N–H and O–H groups in total. The van der Waals surface area contributed by atoms with Gasteiger partial charge in [-0.1, -0.05) is 0 Å². The summed E-state index contributed by atoms with van der Waals surface area (Å²) in [5, 5.41) is 8.55. The topological polar surface area (TPSA) is 83.6 Å². The zero-order chi connectivity index (χ0) is 9.84. The molecule has 0 aromatic rings. The first-order valence-corrected chi connectivity index (χ1v) is 4.37. The van der Waals surface area contributed by atoms with Crippen LogP contribution in [-0.2, 0) is 9.59 Å². The van der Waals surface area contributed by atoms with Crippen molar-refractivity contribution in [3.05, 3.63) is 0 Å². The number of aliphatic hydroxyl groups is 1. The molecule has 2 amide bonds. The number of hydrogen-bond donors (Lipinski definition) is 2. The van der Waals surface area contributed by atoms with Gasteiger partial charge in [-0.2, -0.15) is 0 Å². The van der Waals surface area contributed by atoms with Crippen molar-refractivity contribution < 1.29 is 14.7 Å². The molecule has 0 unspecified atom stereocenters. The molecule has 1 atom stereocenters. The molecule has 13 heavy (non-hydrogen) atoms. The van der Waals surface area contributed by atoms with Crippen molar-refractivity contribution >= 4 is 11.8 Å². The van der Waals surface area contributed by atoms with E-state index in [1.165, 1.54) is 0 Å². The molecule has 0 radical (unpaired) electrons. The standard InChI is InChI=1S/C8H14N2O3/c9-6-2-3-7(12)10(8(6)13)4-1-5-11/h6,11H,1-5,9H2/t6-/m0/s1. The first-order valence-electron chi connectivity index (χ1n) is 4.37. The SMILES string of the molecule is N[C@H]1CCC(=O)N(CCCO)C1=O. The van der Waals surface area contributed by atoms with Crippen LogP contribution in [0.15, 0.2) is 0 Å². The van der Waals surface area contributed by atoms with E-state index in [1.807, 2.05) is 0 Å². The molecule has 1 rings (SSSR count). The highest BCUT2D eigenvalue weighted by Crippen LogP contribution is 2.11. The van der Waals surface area contributed by atoms with Crippen LogP contribution in [0.4, 0.5) is 0 Å². The molecule has 74 valence electrons. The van der Waals surface area contributed by atoms with Gasteiger partial charge in [0.1, 0.15) is 0 Å². The second-order valence-corrected chi connectivity index (χ2v) is 3.11. The fraction of sp³-hybridized carbons (Fsp3) is 0.750. The molecule has 0 bridgehead atoms. The monoisotopic (exact) mass is 186 g/mol. The van der Waals surface area contributed by atoms with Gasteiger partial charge in [0.15, 0.2) is 0 Å². The zero-order valence-electron chi connectivity index (χ0n) is 7.40. The van der Waals surface area contributed by atoms with Crippen LogP contribution in [-0.4, -0.2) is 41.0 Å².